The Kier molecular flexibility index (Phi) is 9.56. The topological polar surface area (TPSA) is 106 Å². The van der Waals surface area contributed by atoms with Gasteiger partial charge in [0, 0.05) is 18.8 Å². The van der Waals surface area contributed by atoms with Crippen molar-refractivity contribution in [2.75, 3.05) is 38.8 Å². The number of hydrogen-bond donors (Lipinski definition) is 2. The minimum absolute atomic E-state index is 0.0754. The quantitative estimate of drug-likeness (QED) is 0.375. The molecule has 0 unspecified atom stereocenters. The van der Waals surface area contributed by atoms with Gasteiger partial charge in [-0.15, -0.1) is 11.3 Å². The number of thiophene rings is 1. The van der Waals surface area contributed by atoms with Crippen molar-refractivity contribution in [3.8, 4) is 11.5 Å². The van der Waals surface area contributed by atoms with Crippen LogP contribution < -0.4 is 25.0 Å². The van der Waals surface area contributed by atoms with Gasteiger partial charge in [-0.1, -0.05) is 29.8 Å². The molecule has 206 valence electrons. The molecule has 1 fully saturated rings. The highest BCUT2D eigenvalue weighted by Gasteiger charge is 2.34. The fourth-order valence-electron chi connectivity index (χ4n) is 4.44. The monoisotopic (exact) mass is 551 g/mol. The minimum Gasteiger partial charge on any atom is -0.493 e. The molecule has 2 heterocycles. The summed E-state index contributed by atoms with van der Waals surface area (Å²) in [4.78, 5) is 42.2. The first-order valence-electron chi connectivity index (χ1n) is 12.7. The number of hydrogen-bond acceptors (Lipinski definition) is 7. The van der Waals surface area contributed by atoms with E-state index in [2.05, 4.69) is 10.6 Å². The molecule has 1 saturated heterocycles. The maximum Gasteiger partial charge on any atom is 0.261 e. The highest BCUT2D eigenvalue weighted by atomic mass is 32.1. The van der Waals surface area contributed by atoms with Crippen LogP contribution in [0.1, 0.15) is 39.7 Å². The lowest BCUT2D eigenvalue weighted by Gasteiger charge is -2.32. The maximum absolute atomic E-state index is 13.8. The molecular weight excluding hydrogens is 518 g/mol. The summed E-state index contributed by atoms with van der Waals surface area (Å²) in [6, 6.07) is 14.8. The number of ether oxygens (including phenoxy) is 3. The predicted molar refractivity (Wildman–Crippen MR) is 150 cm³/mol. The van der Waals surface area contributed by atoms with Crippen molar-refractivity contribution in [2.45, 2.75) is 31.9 Å². The van der Waals surface area contributed by atoms with Crippen molar-refractivity contribution >= 4 is 34.7 Å². The molecule has 9 nitrogen and oxygen atoms in total. The zero-order valence-corrected chi connectivity index (χ0v) is 23.1. The second-order valence-corrected chi connectivity index (χ2v) is 10.1. The van der Waals surface area contributed by atoms with E-state index in [0.29, 0.717) is 40.8 Å². The molecule has 10 heteroatoms. The second-order valence-electron chi connectivity index (χ2n) is 9.16. The number of benzene rings is 2. The molecule has 0 bridgehead atoms. The Bertz CT molecular complexity index is 1270. The second kappa shape index (κ2) is 13.3. The first-order chi connectivity index (χ1) is 18.9. The van der Waals surface area contributed by atoms with Gasteiger partial charge >= 0.3 is 0 Å². The Labute approximate surface area is 232 Å². The smallest absolute Gasteiger partial charge is 0.261 e. The van der Waals surface area contributed by atoms with E-state index in [1.165, 1.54) is 30.5 Å². The summed E-state index contributed by atoms with van der Waals surface area (Å²) in [6.07, 6.45) is 1.72. The molecule has 3 amide bonds. The first kappa shape index (κ1) is 28.1. The van der Waals surface area contributed by atoms with Crippen molar-refractivity contribution in [2.24, 2.45) is 0 Å². The lowest BCUT2D eigenvalue weighted by Crippen LogP contribution is -2.48. The van der Waals surface area contributed by atoms with Crippen LogP contribution in [-0.4, -0.2) is 57.7 Å². The van der Waals surface area contributed by atoms with Gasteiger partial charge in [0.1, 0.15) is 6.04 Å². The largest absolute Gasteiger partial charge is 0.493 e. The maximum atomic E-state index is 13.8. The lowest BCUT2D eigenvalue weighted by molar-refractivity contribution is -0.126. The standard InChI is InChI=1S/C29H33N3O6S/c1-19-8-11-21(12-9-19)32(26(33)18-31-28(34)25-7-5-15-39-25)27(29(35)30-17-22-6-4-14-38-22)20-10-13-23(36-2)24(16-20)37-3/h5,7-13,15-16,22,27H,4,6,14,17-18H2,1-3H3,(H,30,35)(H,31,34)/t22-,27+/m0/s1. The van der Waals surface area contributed by atoms with E-state index in [4.69, 9.17) is 14.2 Å². The van der Waals surface area contributed by atoms with Crippen molar-refractivity contribution in [1.29, 1.82) is 0 Å². The van der Waals surface area contributed by atoms with Crippen LogP contribution in [0, 0.1) is 6.92 Å². The van der Waals surface area contributed by atoms with Crippen molar-refractivity contribution in [1.82, 2.24) is 10.6 Å². The molecule has 1 aromatic heterocycles. The molecule has 4 rings (SSSR count). The summed E-state index contributed by atoms with van der Waals surface area (Å²) in [6.45, 7) is 2.63. The van der Waals surface area contributed by atoms with Crippen molar-refractivity contribution < 1.29 is 28.6 Å². The molecule has 1 aliphatic heterocycles. The summed E-state index contributed by atoms with van der Waals surface area (Å²) in [7, 11) is 3.04. The molecule has 2 N–H and O–H groups in total. The highest BCUT2D eigenvalue weighted by Crippen LogP contribution is 2.34. The third-order valence-electron chi connectivity index (χ3n) is 6.48. The zero-order chi connectivity index (χ0) is 27.8. The first-order valence-corrected chi connectivity index (χ1v) is 13.6. The summed E-state index contributed by atoms with van der Waals surface area (Å²) in [5, 5.41) is 7.46. The average Bonchev–Trinajstić information content (AvgIpc) is 3.68. The van der Waals surface area contributed by atoms with E-state index in [0.717, 1.165) is 18.4 Å². The number of nitrogens with zero attached hydrogens (tertiary/aromatic N) is 1. The van der Waals surface area contributed by atoms with Crippen LogP contribution in [0.3, 0.4) is 0 Å². The van der Waals surface area contributed by atoms with E-state index >= 15 is 0 Å². The van der Waals surface area contributed by atoms with Crippen LogP contribution in [0.2, 0.25) is 0 Å². The van der Waals surface area contributed by atoms with Gasteiger partial charge in [-0.2, -0.15) is 0 Å². The molecule has 0 radical (unpaired) electrons. The van der Waals surface area contributed by atoms with Crippen LogP contribution in [0.15, 0.2) is 60.0 Å². The molecular formula is C29H33N3O6S. The summed E-state index contributed by atoms with van der Waals surface area (Å²) < 4.78 is 16.6. The number of rotatable bonds is 11. The van der Waals surface area contributed by atoms with Crippen LogP contribution in [-0.2, 0) is 14.3 Å². The Morgan fingerprint density at radius 3 is 2.46 bits per heavy atom. The van der Waals surface area contributed by atoms with Gasteiger partial charge in [0.05, 0.1) is 31.7 Å². The van der Waals surface area contributed by atoms with Gasteiger partial charge < -0.3 is 24.8 Å². The molecule has 0 saturated carbocycles. The zero-order valence-electron chi connectivity index (χ0n) is 22.3. The number of nitrogens with one attached hydrogen (secondary N) is 2. The highest BCUT2D eigenvalue weighted by molar-refractivity contribution is 7.12. The van der Waals surface area contributed by atoms with E-state index < -0.39 is 11.9 Å². The third-order valence-corrected chi connectivity index (χ3v) is 7.35. The van der Waals surface area contributed by atoms with Gasteiger partial charge in [-0.25, -0.2) is 0 Å². The number of methoxy groups -OCH3 is 2. The number of amides is 3. The van der Waals surface area contributed by atoms with Crippen LogP contribution in [0.25, 0.3) is 0 Å². The summed E-state index contributed by atoms with van der Waals surface area (Å²) in [5.74, 6) is -0.259. The van der Waals surface area contributed by atoms with E-state index in [1.54, 1.807) is 47.8 Å². The van der Waals surface area contributed by atoms with E-state index in [1.807, 2.05) is 19.1 Å². The fourth-order valence-corrected chi connectivity index (χ4v) is 5.08. The number of aryl methyl sites for hydroxylation is 1. The molecule has 1 aliphatic rings. The van der Waals surface area contributed by atoms with Crippen molar-refractivity contribution in [3.05, 3.63) is 76.0 Å². The average molecular weight is 552 g/mol. The Morgan fingerprint density at radius 2 is 1.82 bits per heavy atom. The molecule has 2 atom stereocenters. The molecule has 2 aromatic carbocycles. The van der Waals surface area contributed by atoms with Gasteiger partial charge in [0.15, 0.2) is 11.5 Å². The fraction of sp³-hybridized carbons (Fsp3) is 0.345. The van der Waals surface area contributed by atoms with Gasteiger partial charge in [-0.05, 0) is 61.0 Å². The van der Waals surface area contributed by atoms with Gasteiger partial charge in [0.25, 0.3) is 5.91 Å². The summed E-state index contributed by atoms with van der Waals surface area (Å²) in [5.41, 5.74) is 2.04. The third kappa shape index (κ3) is 6.96. The lowest BCUT2D eigenvalue weighted by atomic mass is 10.0. The predicted octanol–water partition coefficient (Wildman–Crippen LogP) is 3.87. The molecule has 39 heavy (non-hydrogen) atoms. The minimum atomic E-state index is -1.06. The molecule has 3 aromatic rings. The SMILES string of the molecule is COc1ccc([C@H](C(=O)NC[C@@H]2CCCO2)N(C(=O)CNC(=O)c2cccs2)c2ccc(C)cc2)cc1OC. The molecule has 0 aliphatic carbocycles. The number of carbonyl (C=O) groups excluding carboxylic acids is 3. The van der Waals surface area contributed by atoms with Crippen LogP contribution in [0.4, 0.5) is 5.69 Å². The van der Waals surface area contributed by atoms with Crippen LogP contribution >= 0.6 is 11.3 Å². The number of carbonyl (C=O) groups is 3. The van der Waals surface area contributed by atoms with Gasteiger partial charge in [-0.3, -0.25) is 19.3 Å². The molecule has 0 spiro atoms. The normalized spacial score (nSPS) is 15.3. The van der Waals surface area contributed by atoms with E-state index in [-0.39, 0.29) is 24.5 Å². The van der Waals surface area contributed by atoms with E-state index in [9.17, 15) is 14.4 Å². The van der Waals surface area contributed by atoms with Gasteiger partial charge in [0.2, 0.25) is 11.8 Å². The van der Waals surface area contributed by atoms with Crippen molar-refractivity contribution in [3.63, 3.8) is 0 Å². The summed E-state index contributed by atoms with van der Waals surface area (Å²) >= 11 is 1.28. The number of anilines is 1. The van der Waals surface area contributed by atoms with Crippen LogP contribution in [0.5, 0.6) is 11.5 Å². The Balaban J connectivity index is 1.70. The Hall–Kier alpha value is -3.89. The Morgan fingerprint density at radius 1 is 1.05 bits per heavy atom.